The summed E-state index contributed by atoms with van der Waals surface area (Å²) in [7, 11) is 0. The maximum absolute atomic E-state index is 5.98. The summed E-state index contributed by atoms with van der Waals surface area (Å²) in [6, 6.07) is 6.35. The molecule has 0 saturated heterocycles. The predicted molar refractivity (Wildman–Crippen MR) is 82.2 cm³/mol. The second-order valence-electron chi connectivity index (χ2n) is 5.20. The monoisotopic (exact) mass is 262 g/mol. The second-order valence-corrected chi connectivity index (χ2v) is 6.05. The number of nitrogen functional groups attached to an aromatic ring is 1. The Morgan fingerprint density at radius 1 is 1.33 bits per heavy atom. The van der Waals surface area contributed by atoms with Crippen molar-refractivity contribution in [2.24, 2.45) is 5.92 Å². The highest BCUT2D eigenvalue weighted by Crippen LogP contribution is 2.30. The van der Waals surface area contributed by atoms with Gasteiger partial charge in [0.25, 0.3) is 0 Å². The van der Waals surface area contributed by atoms with Gasteiger partial charge in [-0.15, -0.1) is 11.8 Å². The second kappa shape index (κ2) is 5.70. The third-order valence-electron chi connectivity index (χ3n) is 3.27. The van der Waals surface area contributed by atoms with Gasteiger partial charge in [-0.25, -0.2) is 0 Å². The number of fused-ring (bicyclic) bond motifs is 1. The number of aromatic nitrogens is 1. The van der Waals surface area contributed by atoms with Gasteiger partial charge in [0.1, 0.15) is 0 Å². The van der Waals surface area contributed by atoms with Gasteiger partial charge < -0.3 is 10.3 Å². The van der Waals surface area contributed by atoms with Crippen molar-refractivity contribution in [3.05, 3.63) is 24.4 Å². The first-order valence-electron chi connectivity index (χ1n) is 6.54. The molecule has 2 rings (SSSR count). The topological polar surface area (TPSA) is 30.9 Å². The van der Waals surface area contributed by atoms with Gasteiger partial charge in [-0.3, -0.25) is 0 Å². The molecule has 0 aliphatic carbocycles. The number of benzene rings is 1. The number of hydrogen-bond acceptors (Lipinski definition) is 2. The fraction of sp³-hybridized carbons (Fsp3) is 0.467. The van der Waals surface area contributed by atoms with E-state index in [-0.39, 0.29) is 0 Å². The van der Waals surface area contributed by atoms with Crippen molar-refractivity contribution < 1.29 is 0 Å². The summed E-state index contributed by atoms with van der Waals surface area (Å²) < 4.78 is 2.33. The number of thioether (sulfide) groups is 1. The van der Waals surface area contributed by atoms with Crippen molar-refractivity contribution in [1.82, 2.24) is 4.57 Å². The van der Waals surface area contributed by atoms with Crippen LogP contribution in [0.2, 0.25) is 0 Å². The minimum absolute atomic E-state index is 0.777. The Balaban J connectivity index is 2.27. The summed E-state index contributed by atoms with van der Waals surface area (Å²) in [5, 5.41) is 1.32. The lowest BCUT2D eigenvalue weighted by molar-refractivity contribution is 0.518. The molecule has 0 spiro atoms. The average molecular weight is 262 g/mol. The highest BCUT2D eigenvalue weighted by atomic mass is 32.2. The molecular weight excluding hydrogens is 240 g/mol. The Bertz CT molecular complexity index is 529. The van der Waals surface area contributed by atoms with Crippen molar-refractivity contribution in [3.8, 4) is 0 Å². The number of nitrogens with two attached hydrogens (primary N) is 1. The number of aryl methyl sites for hydroxylation is 1. The Kier molecular flexibility index (Phi) is 4.23. The SMILES string of the molecule is CSc1cc(N)cc2c1ccn2CCCC(C)C. The van der Waals surface area contributed by atoms with Gasteiger partial charge in [0.05, 0.1) is 5.52 Å². The van der Waals surface area contributed by atoms with E-state index in [1.807, 2.05) is 0 Å². The predicted octanol–water partition coefficient (Wildman–Crippen LogP) is 4.38. The molecule has 98 valence electrons. The molecule has 0 atom stereocenters. The van der Waals surface area contributed by atoms with Crippen LogP contribution in [-0.4, -0.2) is 10.8 Å². The van der Waals surface area contributed by atoms with E-state index in [0.29, 0.717) is 0 Å². The Morgan fingerprint density at radius 2 is 2.11 bits per heavy atom. The normalized spacial score (nSPS) is 11.6. The van der Waals surface area contributed by atoms with Crippen molar-refractivity contribution in [3.63, 3.8) is 0 Å². The standard InChI is InChI=1S/C15H22N2S/c1-11(2)5-4-7-17-8-6-13-14(17)9-12(16)10-15(13)18-3/h6,8-11H,4-5,7,16H2,1-3H3. The van der Waals surface area contributed by atoms with Gasteiger partial charge in [0.2, 0.25) is 0 Å². The molecule has 0 radical (unpaired) electrons. The Morgan fingerprint density at radius 3 is 2.78 bits per heavy atom. The molecule has 0 saturated carbocycles. The molecule has 18 heavy (non-hydrogen) atoms. The van der Waals surface area contributed by atoms with Crippen molar-refractivity contribution in [2.75, 3.05) is 12.0 Å². The van der Waals surface area contributed by atoms with Crippen LogP contribution in [0.1, 0.15) is 26.7 Å². The van der Waals surface area contributed by atoms with E-state index in [2.05, 4.69) is 49.1 Å². The van der Waals surface area contributed by atoms with Crippen molar-refractivity contribution in [1.29, 1.82) is 0 Å². The molecule has 0 aliphatic heterocycles. The highest BCUT2D eigenvalue weighted by Gasteiger charge is 2.07. The zero-order valence-electron chi connectivity index (χ0n) is 11.4. The first kappa shape index (κ1) is 13.3. The van der Waals surface area contributed by atoms with E-state index < -0.39 is 0 Å². The molecule has 0 bridgehead atoms. The molecule has 0 amide bonds. The minimum atomic E-state index is 0.777. The van der Waals surface area contributed by atoms with Crippen LogP contribution in [0.25, 0.3) is 10.9 Å². The van der Waals surface area contributed by atoms with Gasteiger partial charge in [-0.1, -0.05) is 13.8 Å². The largest absolute Gasteiger partial charge is 0.399 e. The maximum atomic E-state index is 5.98. The Hall–Kier alpha value is -1.09. The number of rotatable bonds is 5. The van der Waals surface area contributed by atoms with Crippen LogP contribution < -0.4 is 5.73 Å². The molecule has 3 heteroatoms. The number of anilines is 1. The third kappa shape index (κ3) is 2.83. The van der Waals surface area contributed by atoms with E-state index >= 15 is 0 Å². The number of nitrogens with zero attached hydrogens (tertiary/aromatic N) is 1. The molecule has 2 nitrogen and oxygen atoms in total. The van der Waals surface area contributed by atoms with Gasteiger partial charge in [-0.05, 0) is 43.2 Å². The zero-order chi connectivity index (χ0) is 13.1. The average Bonchev–Trinajstić information content (AvgIpc) is 2.71. The fourth-order valence-corrected chi connectivity index (χ4v) is 2.96. The lowest BCUT2D eigenvalue weighted by Gasteiger charge is -2.09. The minimum Gasteiger partial charge on any atom is -0.399 e. The summed E-state index contributed by atoms with van der Waals surface area (Å²) >= 11 is 1.76. The lowest BCUT2D eigenvalue weighted by Crippen LogP contribution is -1.99. The van der Waals surface area contributed by atoms with Crippen LogP contribution in [0.5, 0.6) is 0 Å². The van der Waals surface area contributed by atoms with Crippen LogP contribution in [0.3, 0.4) is 0 Å². The first-order chi connectivity index (χ1) is 8.61. The van der Waals surface area contributed by atoms with Crippen LogP contribution in [0.4, 0.5) is 5.69 Å². The Labute approximate surface area is 114 Å². The number of hydrogen-bond donors (Lipinski definition) is 1. The van der Waals surface area contributed by atoms with Crippen molar-refractivity contribution >= 4 is 28.4 Å². The van der Waals surface area contributed by atoms with E-state index in [1.54, 1.807) is 11.8 Å². The molecule has 2 N–H and O–H groups in total. The molecule has 1 aromatic carbocycles. The smallest absolute Gasteiger partial charge is 0.0512 e. The van der Waals surface area contributed by atoms with Gasteiger partial charge in [0.15, 0.2) is 0 Å². The maximum Gasteiger partial charge on any atom is 0.0512 e. The molecule has 2 aromatic rings. The molecule has 0 unspecified atom stereocenters. The quantitative estimate of drug-likeness (QED) is 0.640. The zero-order valence-corrected chi connectivity index (χ0v) is 12.3. The fourth-order valence-electron chi connectivity index (χ4n) is 2.32. The first-order valence-corrected chi connectivity index (χ1v) is 7.76. The van der Waals surface area contributed by atoms with Crippen LogP contribution in [-0.2, 0) is 6.54 Å². The van der Waals surface area contributed by atoms with Crippen LogP contribution in [0.15, 0.2) is 29.3 Å². The molecule has 1 heterocycles. The molecule has 0 aliphatic rings. The van der Waals surface area contributed by atoms with E-state index in [0.717, 1.165) is 18.2 Å². The summed E-state index contributed by atoms with van der Waals surface area (Å²) in [6.07, 6.45) is 6.79. The van der Waals surface area contributed by atoms with E-state index in [4.69, 9.17) is 5.73 Å². The van der Waals surface area contributed by atoms with Gasteiger partial charge in [0, 0.05) is 28.7 Å². The van der Waals surface area contributed by atoms with Gasteiger partial charge in [-0.2, -0.15) is 0 Å². The summed E-state index contributed by atoms with van der Waals surface area (Å²) in [5.41, 5.74) is 8.10. The lowest BCUT2D eigenvalue weighted by atomic mass is 10.1. The van der Waals surface area contributed by atoms with Crippen LogP contribution in [0, 0.1) is 5.92 Å². The van der Waals surface area contributed by atoms with Crippen molar-refractivity contribution in [2.45, 2.75) is 38.1 Å². The molecule has 0 fully saturated rings. The van der Waals surface area contributed by atoms with E-state index in [1.165, 1.54) is 28.6 Å². The van der Waals surface area contributed by atoms with Gasteiger partial charge >= 0.3 is 0 Å². The molecular formula is C15H22N2S. The summed E-state index contributed by atoms with van der Waals surface area (Å²) in [4.78, 5) is 1.27. The molecule has 1 aromatic heterocycles. The summed E-state index contributed by atoms with van der Waals surface area (Å²) in [6.45, 7) is 5.63. The summed E-state index contributed by atoms with van der Waals surface area (Å²) in [5.74, 6) is 0.777. The highest BCUT2D eigenvalue weighted by molar-refractivity contribution is 7.98. The van der Waals surface area contributed by atoms with Crippen LogP contribution >= 0.6 is 11.8 Å². The third-order valence-corrected chi connectivity index (χ3v) is 4.05. The van der Waals surface area contributed by atoms with E-state index in [9.17, 15) is 0 Å².